The van der Waals surface area contributed by atoms with Gasteiger partial charge < -0.3 is 15.6 Å². The molecule has 0 radical (unpaired) electrons. The van der Waals surface area contributed by atoms with Crippen molar-refractivity contribution in [3.63, 3.8) is 0 Å². The number of aromatic nitrogens is 2. The predicted molar refractivity (Wildman–Crippen MR) is 69.9 cm³/mol. The smallest absolute Gasteiger partial charge is 0.275 e. The molecule has 0 saturated carbocycles. The molecule has 0 aromatic carbocycles. The number of carbonyl (C=O) groups excluding carboxylic acids is 2. The second-order valence-corrected chi connectivity index (χ2v) is 4.70. The number of amides is 1. The zero-order valence-corrected chi connectivity index (χ0v) is 10.7. The third-order valence-corrected chi connectivity index (χ3v) is 3.05. The largest absolute Gasteiger partial charge is 0.375 e. The number of nitrogen functional groups attached to an aromatic ring is 1. The fourth-order valence-electron chi connectivity index (χ4n) is 1.57. The van der Waals surface area contributed by atoms with Gasteiger partial charge in [0.15, 0.2) is 10.9 Å². The molecular weight excluding hydrogens is 252 g/mol. The lowest BCUT2D eigenvalue weighted by Gasteiger charge is -1.98. The average molecular weight is 264 g/mol. The van der Waals surface area contributed by atoms with Crippen LogP contribution in [-0.4, -0.2) is 21.2 Å². The third-order valence-electron chi connectivity index (χ3n) is 2.38. The van der Waals surface area contributed by atoms with Crippen molar-refractivity contribution >= 4 is 33.8 Å². The minimum absolute atomic E-state index is 0.0594. The summed E-state index contributed by atoms with van der Waals surface area (Å²) in [5.41, 5.74) is 6.81. The molecule has 2 aromatic heterocycles. The molecule has 0 saturated heterocycles. The highest BCUT2D eigenvalue weighted by molar-refractivity contribution is 7.13. The van der Waals surface area contributed by atoms with Gasteiger partial charge in [-0.3, -0.25) is 9.59 Å². The molecule has 6 nitrogen and oxygen atoms in total. The van der Waals surface area contributed by atoms with E-state index in [0.717, 1.165) is 0 Å². The minimum atomic E-state index is -0.344. The SMILES string of the molecule is CC(=O)c1cc(NC(=O)c2csc(N)n2)cn1C. The Morgan fingerprint density at radius 1 is 1.50 bits per heavy atom. The fraction of sp³-hybridized carbons (Fsp3) is 0.182. The van der Waals surface area contributed by atoms with Gasteiger partial charge in [-0.1, -0.05) is 0 Å². The summed E-state index contributed by atoms with van der Waals surface area (Å²) in [5, 5.41) is 4.59. The van der Waals surface area contributed by atoms with Crippen molar-refractivity contribution in [2.45, 2.75) is 6.92 Å². The summed E-state index contributed by atoms with van der Waals surface area (Å²) in [4.78, 5) is 27.0. The van der Waals surface area contributed by atoms with Gasteiger partial charge in [0.25, 0.3) is 5.91 Å². The second kappa shape index (κ2) is 4.61. The Kier molecular flexibility index (Phi) is 3.15. The molecule has 1 amide bonds. The van der Waals surface area contributed by atoms with E-state index in [1.165, 1.54) is 18.3 Å². The third kappa shape index (κ3) is 2.40. The molecule has 18 heavy (non-hydrogen) atoms. The maximum Gasteiger partial charge on any atom is 0.275 e. The second-order valence-electron chi connectivity index (χ2n) is 3.81. The van der Waals surface area contributed by atoms with Crippen LogP contribution in [0, 0.1) is 0 Å². The Bertz CT molecular complexity index is 614. The van der Waals surface area contributed by atoms with Gasteiger partial charge in [-0.15, -0.1) is 11.3 Å². The van der Waals surface area contributed by atoms with Crippen LogP contribution in [0.1, 0.15) is 27.9 Å². The maximum atomic E-state index is 11.8. The fourth-order valence-corrected chi connectivity index (χ4v) is 2.11. The van der Waals surface area contributed by atoms with E-state index in [1.807, 2.05) is 0 Å². The summed E-state index contributed by atoms with van der Waals surface area (Å²) in [6.07, 6.45) is 1.67. The monoisotopic (exact) mass is 264 g/mol. The molecule has 0 aliphatic rings. The van der Waals surface area contributed by atoms with Crippen molar-refractivity contribution in [1.29, 1.82) is 0 Å². The van der Waals surface area contributed by atoms with Crippen molar-refractivity contribution in [3.8, 4) is 0 Å². The van der Waals surface area contributed by atoms with Crippen LogP contribution < -0.4 is 11.1 Å². The van der Waals surface area contributed by atoms with Gasteiger partial charge in [-0.25, -0.2) is 4.98 Å². The summed E-state index contributed by atoms with van der Waals surface area (Å²) in [5.74, 6) is -0.403. The van der Waals surface area contributed by atoms with E-state index in [0.29, 0.717) is 16.5 Å². The van der Waals surface area contributed by atoms with Crippen LogP contribution in [0.5, 0.6) is 0 Å². The van der Waals surface area contributed by atoms with Gasteiger partial charge in [0.2, 0.25) is 0 Å². The quantitative estimate of drug-likeness (QED) is 0.822. The highest BCUT2D eigenvalue weighted by Crippen LogP contribution is 2.16. The average Bonchev–Trinajstić information content (AvgIpc) is 2.85. The first-order valence-corrected chi connectivity index (χ1v) is 6.05. The number of hydrogen-bond acceptors (Lipinski definition) is 5. The van der Waals surface area contributed by atoms with Crippen LogP contribution in [0.3, 0.4) is 0 Å². The Balaban J connectivity index is 2.17. The number of aryl methyl sites for hydroxylation is 1. The van der Waals surface area contributed by atoms with Crippen LogP contribution >= 0.6 is 11.3 Å². The van der Waals surface area contributed by atoms with Crippen LogP contribution in [0.15, 0.2) is 17.6 Å². The highest BCUT2D eigenvalue weighted by atomic mass is 32.1. The number of Topliss-reactive ketones (excluding diaryl/α,β-unsaturated/α-hetero) is 1. The molecule has 0 spiro atoms. The number of nitrogens with one attached hydrogen (secondary N) is 1. The molecule has 2 rings (SSSR count). The lowest BCUT2D eigenvalue weighted by Crippen LogP contribution is -2.11. The highest BCUT2D eigenvalue weighted by Gasteiger charge is 2.13. The summed E-state index contributed by atoms with van der Waals surface area (Å²) in [7, 11) is 1.74. The number of hydrogen-bond donors (Lipinski definition) is 2. The Morgan fingerprint density at radius 2 is 2.22 bits per heavy atom. The molecular formula is C11H12N4O2S. The van der Waals surface area contributed by atoms with Crippen molar-refractivity contribution in [1.82, 2.24) is 9.55 Å². The molecule has 94 valence electrons. The molecule has 2 aromatic rings. The number of anilines is 2. The summed E-state index contributed by atoms with van der Waals surface area (Å²) < 4.78 is 1.66. The van der Waals surface area contributed by atoms with Crippen molar-refractivity contribution < 1.29 is 9.59 Å². The van der Waals surface area contributed by atoms with Gasteiger partial charge in [0.1, 0.15) is 5.69 Å². The van der Waals surface area contributed by atoms with Gasteiger partial charge in [0, 0.05) is 25.5 Å². The molecule has 0 fully saturated rings. The zero-order chi connectivity index (χ0) is 13.3. The van der Waals surface area contributed by atoms with Gasteiger partial charge in [-0.05, 0) is 6.07 Å². The standard InChI is InChI=1S/C11H12N4O2S/c1-6(16)9-3-7(4-15(9)2)13-10(17)8-5-18-11(12)14-8/h3-5H,1-2H3,(H2,12,14)(H,13,17). The number of nitrogens with zero attached hydrogens (tertiary/aromatic N) is 2. The first kappa shape index (κ1) is 12.3. The topological polar surface area (TPSA) is 90.0 Å². The lowest BCUT2D eigenvalue weighted by molar-refractivity contribution is 0.100. The van der Waals surface area contributed by atoms with Crippen molar-refractivity contribution in [2.75, 3.05) is 11.1 Å². The molecule has 0 aliphatic carbocycles. The normalized spacial score (nSPS) is 10.3. The minimum Gasteiger partial charge on any atom is -0.375 e. The number of rotatable bonds is 3. The molecule has 0 bridgehead atoms. The first-order chi connectivity index (χ1) is 8.47. The van der Waals surface area contributed by atoms with E-state index in [2.05, 4.69) is 10.3 Å². The van der Waals surface area contributed by atoms with Crippen LogP contribution in [0.25, 0.3) is 0 Å². The van der Waals surface area contributed by atoms with Crippen molar-refractivity contribution in [3.05, 3.63) is 29.0 Å². The Morgan fingerprint density at radius 3 is 2.72 bits per heavy atom. The van der Waals surface area contributed by atoms with Crippen LogP contribution in [0.4, 0.5) is 10.8 Å². The number of carbonyl (C=O) groups is 2. The molecule has 0 atom stereocenters. The summed E-state index contributed by atoms with van der Waals surface area (Å²) in [6, 6.07) is 1.62. The van der Waals surface area contributed by atoms with Gasteiger partial charge in [-0.2, -0.15) is 0 Å². The van der Waals surface area contributed by atoms with E-state index >= 15 is 0 Å². The molecule has 2 heterocycles. The number of thiazole rings is 1. The molecule has 3 N–H and O–H groups in total. The summed E-state index contributed by atoms with van der Waals surface area (Å²) in [6.45, 7) is 1.47. The molecule has 7 heteroatoms. The van der Waals surface area contributed by atoms with E-state index in [9.17, 15) is 9.59 Å². The first-order valence-electron chi connectivity index (χ1n) is 5.17. The molecule has 0 aliphatic heterocycles. The zero-order valence-electron chi connectivity index (χ0n) is 9.93. The molecule has 0 unspecified atom stereocenters. The number of nitrogens with two attached hydrogens (primary N) is 1. The van der Waals surface area contributed by atoms with Gasteiger partial charge >= 0.3 is 0 Å². The predicted octanol–water partition coefficient (Wildman–Crippen LogP) is 1.52. The van der Waals surface area contributed by atoms with E-state index in [4.69, 9.17) is 5.73 Å². The Hall–Kier alpha value is -2.15. The summed E-state index contributed by atoms with van der Waals surface area (Å²) >= 11 is 1.20. The van der Waals surface area contributed by atoms with Crippen LogP contribution in [0.2, 0.25) is 0 Å². The van der Waals surface area contributed by atoms with E-state index < -0.39 is 0 Å². The Labute approximate surface area is 107 Å². The van der Waals surface area contributed by atoms with E-state index in [1.54, 1.807) is 29.3 Å². The maximum absolute atomic E-state index is 11.8. The number of ketones is 1. The van der Waals surface area contributed by atoms with Crippen LogP contribution in [-0.2, 0) is 7.05 Å². The van der Waals surface area contributed by atoms with Gasteiger partial charge in [0.05, 0.1) is 11.4 Å². The van der Waals surface area contributed by atoms with E-state index in [-0.39, 0.29) is 17.4 Å². The van der Waals surface area contributed by atoms with Crippen molar-refractivity contribution in [2.24, 2.45) is 7.05 Å². The lowest BCUT2D eigenvalue weighted by atomic mass is 10.3.